The second-order valence-electron chi connectivity index (χ2n) is 7.96. The van der Waals surface area contributed by atoms with E-state index in [-0.39, 0.29) is 23.6 Å². The van der Waals surface area contributed by atoms with E-state index in [4.69, 9.17) is 5.11 Å². The van der Waals surface area contributed by atoms with Gasteiger partial charge in [-0.05, 0) is 103 Å². The van der Waals surface area contributed by atoms with Gasteiger partial charge in [-0.15, -0.1) is 0 Å². The highest BCUT2D eigenvalue weighted by Gasteiger charge is 2.10. The summed E-state index contributed by atoms with van der Waals surface area (Å²) in [5.74, 6) is -1.25. The summed E-state index contributed by atoms with van der Waals surface area (Å²) in [6, 6.07) is 9.11. The number of hydrogen-bond acceptors (Lipinski definition) is 5. The summed E-state index contributed by atoms with van der Waals surface area (Å²) in [6.07, 6.45) is 2.59. The molecule has 2 aromatic rings. The molecule has 0 saturated carbocycles. The van der Waals surface area contributed by atoms with Crippen molar-refractivity contribution in [1.82, 2.24) is 15.5 Å². The van der Waals surface area contributed by atoms with Crippen LogP contribution in [0.3, 0.4) is 0 Å². The van der Waals surface area contributed by atoms with Crippen molar-refractivity contribution >= 4 is 12.2 Å². The normalized spacial score (nSPS) is 9.57. The Balaban J connectivity index is 0. The van der Waals surface area contributed by atoms with Crippen LogP contribution < -0.4 is 10.6 Å². The van der Waals surface area contributed by atoms with E-state index in [2.05, 4.69) is 29.6 Å². The summed E-state index contributed by atoms with van der Waals surface area (Å²) in [5.41, 5.74) is 1.87. The van der Waals surface area contributed by atoms with Gasteiger partial charge < -0.3 is 20.6 Å². The first-order valence-electron chi connectivity index (χ1n) is 11.7. The van der Waals surface area contributed by atoms with Gasteiger partial charge in [0.25, 0.3) is 5.91 Å². The fourth-order valence-electron chi connectivity index (χ4n) is 2.44. The number of amides is 1. The number of aliphatic hydroxyl groups excluding tert-OH is 1. The van der Waals surface area contributed by atoms with Gasteiger partial charge in [-0.25, -0.2) is 8.78 Å². The second-order valence-corrected chi connectivity index (χ2v) is 7.96. The summed E-state index contributed by atoms with van der Waals surface area (Å²) >= 11 is 0. The van der Waals surface area contributed by atoms with Crippen LogP contribution >= 0.6 is 0 Å². The van der Waals surface area contributed by atoms with Crippen molar-refractivity contribution in [3.63, 3.8) is 0 Å². The average Bonchev–Trinajstić information content (AvgIpc) is 2.79. The largest absolute Gasteiger partial charge is 0.397 e. The topological polar surface area (TPSA) is 81.7 Å². The predicted molar refractivity (Wildman–Crippen MR) is 140 cm³/mol. The molecule has 8 heteroatoms. The third kappa shape index (κ3) is 18.3. The molecule has 0 aliphatic heterocycles. The molecule has 0 aromatic heterocycles. The maximum absolute atomic E-state index is 13.3. The molecule has 0 atom stereocenters. The molecule has 0 radical (unpaired) electrons. The molecule has 198 valence electrons. The van der Waals surface area contributed by atoms with Crippen LogP contribution in [0.4, 0.5) is 8.78 Å². The van der Waals surface area contributed by atoms with Crippen LogP contribution in [-0.4, -0.2) is 69.6 Å². The summed E-state index contributed by atoms with van der Waals surface area (Å²) < 4.78 is 25.9. The van der Waals surface area contributed by atoms with E-state index in [1.54, 1.807) is 32.9 Å². The van der Waals surface area contributed by atoms with Crippen molar-refractivity contribution < 1.29 is 23.5 Å². The van der Waals surface area contributed by atoms with Gasteiger partial charge in [-0.2, -0.15) is 0 Å². The molecule has 35 heavy (non-hydrogen) atoms. The number of halogens is 2. The van der Waals surface area contributed by atoms with E-state index in [9.17, 15) is 18.4 Å². The Hall–Kier alpha value is -2.68. The minimum Gasteiger partial charge on any atom is -0.397 e. The third-order valence-corrected chi connectivity index (χ3v) is 4.22. The zero-order valence-corrected chi connectivity index (χ0v) is 22.3. The molecule has 0 spiro atoms. The van der Waals surface area contributed by atoms with Gasteiger partial charge >= 0.3 is 0 Å². The van der Waals surface area contributed by atoms with Crippen LogP contribution in [0.5, 0.6) is 0 Å². The molecule has 0 aliphatic rings. The summed E-state index contributed by atoms with van der Waals surface area (Å²) in [5, 5.41) is 13.3. The first-order valence-corrected chi connectivity index (χ1v) is 11.7. The molecule has 6 nitrogen and oxygen atoms in total. The quantitative estimate of drug-likeness (QED) is 0.374. The number of benzene rings is 2. The molecule has 3 N–H and O–H groups in total. The Kier molecular flexibility index (Phi) is 21.5. The fourth-order valence-corrected chi connectivity index (χ4v) is 2.44. The van der Waals surface area contributed by atoms with E-state index >= 15 is 0 Å². The zero-order chi connectivity index (χ0) is 27.2. The lowest BCUT2D eigenvalue weighted by molar-refractivity contribution is 0.0949. The molecule has 0 saturated heterocycles. The van der Waals surface area contributed by atoms with Crippen molar-refractivity contribution in [2.75, 3.05) is 47.4 Å². The van der Waals surface area contributed by atoms with Crippen LogP contribution in [0.15, 0.2) is 36.4 Å². The van der Waals surface area contributed by atoms with Gasteiger partial charge in [0.2, 0.25) is 0 Å². The number of hydrogen-bond donors (Lipinski definition) is 3. The number of nitrogens with zero attached hydrogens (tertiary/aromatic N) is 1. The third-order valence-electron chi connectivity index (χ3n) is 4.22. The second kappa shape index (κ2) is 21.8. The van der Waals surface area contributed by atoms with Crippen LogP contribution in [-0.2, 0) is 0 Å². The standard InChI is InChI=1S/C11H14FNO.C8H7FO.C6H16N2.C2H6O/c1-3-6-13-11(14)9-5-4-8(2)7-10(9)12;1-6-2-3-7(5-10)8(9)4-6;1-7-5-4-6-8(2)3;1-2-3/h4-5,7H,3,6H2,1-2H3,(H,13,14);2-5H,1H3;7H,4-6H2,1-3H3;3H,2H2,1H3. The Bertz CT molecular complexity index is 846. The van der Waals surface area contributed by atoms with E-state index in [0.29, 0.717) is 12.8 Å². The Labute approximate surface area is 209 Å². The number of aryl methyl sites for hydroxylation is 2. The lowest BCUT2D eigenvalue weighted by Crippen LogP contribution is -2.24. The molecule has 0 fully saturated rings. The van der Waals surface area contributed by atoms with E-state index in [1.807, 2.05) is 14.0 Å². The first kappa shape index (κ1) is 34.5. The molecule has 0 unspecified atom stereocenters. The van der Waals surface area contributed by atoms with Crippen LogP contribution in [0.1, 0.15) is 58.5 Å². The number of carbonyl (C=O) groups is 2. The predicted octanol–water partition coefficient (Wildman–Crippen LogP) is 4.38. The number of rotatable bonds is 8. The van der Waals surface area contributed by atoms with Crippen molar-refractivity contribution in [1.29, 1.82) is 0 Å². The van der Waals surface area contributed by atoms with Gasteiger partial charge in [0.15, 0.2) is 6.29 Å². The highest BCUT2D eigenvalue weighted by molar-refractivity contribution is 5.94. The number of aldehydes is 1. The average molecular weight is 496 g/mol. The maximum atomic E-state index is 13.3. The minimum atomic E-state index is -0.460. The fraction of sp³-hybridized carbons (Fsp3) is 0.481. The lowest BCUT2D eigenvalue weighted by Gasteiger charge is -2.07. The summed E-state index contributed by atoms with van der Waals surface area (Å²) in [6.45, 7) is 10.3. The van der Waals surface area contributed by atoms with E-state index < -0.39 is 11.6 Å². The Morgan fingerprint density at radius 1 is 1.00 bits per heavy atom. The first-order chi connectivity index (χ1) is 16.6. The molecular formula is C27H43F2N3O3. The number of carbonyl (C=O) groups excluding carboxylic acids is 2. The van der Waals surface area contributed by atoms with Crippen molar-refractivity contribution in [3.05, 3.63) is 70.3 Å². The monoisotopic (exact) mass is 495 g/mol. The van der Waals surface area contributed by atoms with Crippen LogP contribution in [0, 0.1) is 25.5 Å². The number of aliphatic hydroxyl groups is 1. The van der Waals surface area contributed by atoms with Gasteiger partial charge in [-0.3, -0.25) is 9.59 Å². The molecule has 0 aliphatic carbocycles. The van der Waals surface area contributed by atoms with Gasteiger partial charge in [-0.1, -0.05) is 19.1 Å². The Morgan fingerprint density at radius 3 is 1.97 bits per heavy atom. The van der Waals surface area contributed by atoms with Gasteiger partial charge in [0.05, 0.1) is 11.1 Å². The van der Waals surface area contributed by atoms with Crippen molar-refractivity contribution in [2.24, 2.45) is 0 Å². The molecular weight excluding hydrogens is 452 g/mol. The van der Waals surface area contributed by atoms with E-state index in [0.717, 1.165) is 24.1 Å². The van der Waals surface area contributed by atoms with Gasteiger partial charge in [0.1, 0.15) is 11.6 Å². The smallest absolute Gasteiger partial charge is 0.254 e. The van der Waals surface area contributed by atoms with Crippen molar-refractivity contribution in [3.8, 4) is 0 Å². The highest BCUT2D eigenvalue weighted by Crippen LogP contribution is 2.09. The van der Waals surface area contributed by atoms with Gasteiger partial charge in [0, 0.05) is 13.2 Å². The number of nitrogens with one attached hydrogen (secondary N) is 2. The lowest BCUT2D eigenvalue weighted by atomic mass is 10.1. The Morgan fingerprint density at radius 2 is 1.54 bits per heavy atom. The van der Waals surface area contributed by atoms with Crippen LogP contribution in [0.25, 0.3) is 0 Å². The minimum absolute atomic E-state index is 0.115. The highest BCUT2D eigenvalue weighted by atomic mass is 19.1. The maximum Gasteiger partial charge on any atom is 0.254 e. The van der Waals surface area contributed by atoms with Crippen LogP contribution in [0.2, 0.25) is 0 Å². The van der Waals surface area contributed by atoms with E-state index in [1.165, 1.54) is 37.2 Å². The molecule has 0 bridgehead atoms. The SMILES string of the molecule is CCCNC(=O)c1ccc(C)cc1F.CCO.CNCCCN(C)C.Cc1ccc(C=O)c(F)c1. The molecule has 0 heterocycles. The zero-order valence-electron chi connectivity index (χ0n) is 22.3. The summed E-state index contributed by atoms with van der Waals surface area (Å²) in [7, 11) is 6.17. The summed E-state index contributed by atoms with van der Waals surface area (Å²) in [4.78, 5) is 23.7. The molecule has 1 amide bonds. The molecule has 2 aromatic carbocycles. The van der Waals surface area contributed by atoms with Crippen molar-refractivity contribution in [2.45, 2.75) is 40.5 Å². The molecule has 2 rings (SSSR count).